The molecule has 0 bridgehead atoms. The van der Waals surface area contributed by atoms with Crippen molar-refractivity contribution in [1.82, 2.24) is 14.8 Å². The maximum Gasteiger partial charge on any atom is 0.292 e. The Bertz CT molecular complexity index is 704. The number of nitrogens with zero attached hydrogens (tertiary/aromatic N) is 3. The summed E-state index contributed by atoms with van der Waals surface area (Å²) in [5, 5.41) is 23.5. The minimum atomic E-state index is -4.27. The number of halogens is 3. The van der Waals surface area contributed by atoms with Crippen molar-refractivity contribution in [2.75, 3.05) is 5.75 Å². The zero-order valence-electron chi connectivity index (χ0n) is 11.1. The Kier molecular flexibility index (Phi) is 5.12. The topological polar surface area (TPSA) is 158 Å². The molecule has 0 spiro atoms. The van der Waals surface area contributed by atoms with Gasteiger partial charge in [0.1, 0.15) is 24.6 Å². The van der Waals surface area contributed by atoms with Crippen LogP contribution in [0.5, 0.6) is 0 Å². The zero-order chi connectivity index (χ0) is 17.6. The van der Waals surface area contributed by atoms with Gasteiger partial charge in [0.05, 0.1) is 5.75 Å². The lowest BCUT2D eigenvalue weighted by Crippen LogP contribution is -2.38. The average molecular weight is 410 g/mol. The van der Waals surface area contributed by atoms with E-state index in [0.717, 1.165) is 11.0 Å². The van der Waals surface area contributed by atoms with E-state index in [0.29, 0.717) is 0 Å². The summed E-state index contributed by atoms with van der Waals surface area (Å²) in [7, 11) is -4.27. The van der Waals surface area contributed by atoms with Crippen molar-refractivity contribution in [1.29, 1.82) is 0 Å². The number of carbonyl (C=O) groups excluding carboxylic acids is 1. The third-order valence-corrected chi connectivity index (χ3v) is 6.65. The molecule has 2 heterocycles. The molecule has 0 radical (unpaired) electrons. The molecular weight excluding hydrogens is 399 g/mol. The summed E-state index contributed by atoms with van der Waals surface area (Å²) < 4.78 is 27.2. The van der Waals surface area contributed by atoms with Crippen molar-refractivity contribution in [3.8, 4) is 0 Å². The van der Waals surface area contributed by atoms with E-state index in [4.69, 9.17) is 45.3 Å². The summed E-state index contributed by atoms with van der Waals surface area (Å²) in [5.74, 6) is -2.10. The molecule has 4 atom stereocenters. The Morgan fingerprint density at radius 2 is 2.00 bits per heavy atom. The van der Waals surface area contributed by atoms with Crippen LogP contribution in [0.2, 0.25) is 0 Å². The van der Waals surface area contributed by atoms with Gasteiger partial charge in [-0.15, -0.1) is 5.10 Å². The molecule has 1 aliphatic rings. The fraction of sp³-hybridized carbons (Fsp3) is 0.667. The highest BCUT2D eigenvalue weighted by molar-refractivity contribution is 7.97. The summed E-state index contributed by atoms with van der Waals surface area (Å²) in [6, 6.07) is 0. The fourth-order valence-electron chi connectivity index (χ4n) is 1.91. The minimum absolute atomic E-state index is 0.340. The van der Waals surface area contributed by atoms with Gasteiger partial charge < -0.3 is 20.7 Å². The molecule has 1 amide bonds. The Hall–Kier alpha value is -0.690. The Morgan fingerprint density at radius 3 is 2.48 bits per heavy atom. The van der Waals surface area contributed by atoms with Crippen LogP contribution in [0.3, 0.4) is 0 Å². The van der Waals surface area contributed by atoms with Gasteiger partial charge in [-0.05, 0) is 0 Å². The lowest BCUT2D eigenvalue weighted by Gasteiger charge is -2.18. The second-order valence-corrected chi connectivity index (χ2v) is 9.81. The van der Waals surface area contributed by atoms with Crippen molar-refractivity contribution in [2.45, 2.75) is 27.7 Å². The lowest BCUT2D eigenvalue weighted by molar-refractivity contribution is -0.0392. The molecule has 2 unspecified atom stereocenters. The van der Waals surface area contributed by atoms with E-state index >= 15 is 0 Å². The highest BCUT2D eigenvalue weighted by Gasteiger charge is 2.49. The Balaban J connectivity index is 2.19. The number of sulfone groups is 1. The molecule has 130 valence electrons. The molecule has 1 aliphatic heterocycles. The monoisotopic (exact) mass is 408 g/mol. The standard InChI is InChI=1S/C9H11Cl3N4O6S/c10-9(11,12)23(20,21)1-3-4(17)5(18)8(22-3)16-2-14-7(15-16)6(13)19/h2-5,8,17-18H,1H2,(H2,13,19)/t3?,4-,5-,8?/m1/s1. The molecule has 23 heavy (non-hydrogen) atoms. The largest absolute Gasteiger partial charge is 0.387 e. The predicted octanol–water partition coefficient (Wildman–Crippen LogP) is -1.26. The Labute approximate surface area is 145 Å². The van der Waals surface area contributed by atoms with Crippen LogP contribution in [-0.4, -0.2) is 66.5 Å². The summed E-state index contributed by atoms with van der Waals surface area (Å²) in [6.45, 7) is 0. The predicted molar refractivity (Wildman–Crippen MR) is 78.5 cm³/mol. The van der Waals surface area contributed by atoms with Crippen molar-refractivity contribution >= 4 is 50.5 Å². The molecule has 0 aliphatic carbocycles. The SMILES string of the molecule is NC(=O)c1ncn(C2OC(CS(=O)(=O)C(Cl)(Cl)Cl)[C@@H](O)[C@H]2O)n1. The quantitative estimate of drug-likeness (QED) is 0.520. The highest BCUT2D eigenvalue weighted by Crippen LogP contribution is 2.37. The molecule has 1 aromatic rings. The van der Waals surface area contributed by atoms with E-state index in [2.05, 4.69) is 10.1 Å². The minimum Gasteiger partial charge on any atom is -0.387 e. The van der Waals surface area contributed by atoms with Crippen molar-refractivity contribution in [2.24, 2.45) is 5.73 Å². The van der Waals surface area contributed by atoms with Crippen LogP contribution < -0.4 is 5.73 Å². The zero-order valence-corrected chi connectivity index (χ0v) is 14.2. The van der Waals surface area contributed by atoms with E-state index in [1.54, 1.807) is 0 Å². The first kappa shape index (κ1) is 18.6. The number of hydrogen-bond donors (Lipinski definition) is 3. The molecule has 14 heteroatoms. The number of carbonyl (C=O) groups is 1. The van der Waals surface area contributed by atoms with Gasteiger partial charge in [0.15, 0.2) is 6.23 Å². The van der Waals surface area contributed by atoms with Crippen LogP contribution in [0, 0.1) is 0 Å². The number of alkyl halides is 3. The summed E-state index contributed by atoms with van der Waals surface area (Å²) in [5.41, 5.74) is 4.99. The van der Waals surface area contributed by atoms with Crippen LogP contribution in [0.1, 0.15) is 16.8 Å². The molecule has 1 fully saturated rings. The molecule has 0 aromatic carbocycles. The Morgan fingerprint density at radius 1 is 1.39 bits per heavy atom. The normalized spacial score (nSPS) is 28.9. The van der Waals surface area contributed by atoms with E-state index in [9.17, 15) is 23.4 Å². The van der Waals surface area contributed by atoms with Gasteiger partial charge in [0, 0.05) is 0 Å². The smallest absolute Gasteiger partial charge is 0.292 e. The van der Waals surface area contributed by atoms with E-state index < -0.39 is 49.2 Å². The number of primary amides is 1. The van der Waals surface area contributed by atoms with Crippen LogP contribution in [-0.2, 0) is 14.6 Å². The fourth-order valence-corrected chi connectivity index (χ4v) is 3.37. The van der Waals surface area contributed by atoms with Crippen LogP contribution in [0.25, 0.3) is 0 Å². The number of nitrogens with two attached hydrogens (primary N) is 1. The number of aromatic nitrogens is 3. The van der Waals surface area contributed by atoms with Gasteiger partial charge in [-0.3, -0.25) is 4.79 Å². The first-order valence-electron chi connectivity index (χ1n) is 5.95. The summed E-state index contributed by atoms with van der Waals surface area (Å²) in [6.07, 6.45) is -4.78. The number of ether oxygens (including phenoxy) is 1. The highest BCUT2D eigenvalue weighted by atomic mass is 35.6. The first-order valence-corrected chi connectivity index (χ1v) is 8.74. The van der Waals surface area contributed by atoms with Gasteiger partial charge in [-0.2, -0.15) is 0 Å². The number of amides is 1. The second-order valence-electron chi connectivity index (χ2n) is 4.69. The van der Waals surface area contributed by atoms with Crippen molar-refractivity contribution < 1.29 is 28.2 Å². The maximum atomic E-state index is 11.8. The second kappa shape index (κ2) is 6.31. The third kappa shape index (κ3) is 3.71. The average Bonchev–Trinajstić information content (AvgIpc) is 2.98. The van der Waals surface area contributed by atoms with Gasteiger partial charge >= 0.3 is 0 Å². The lowest BCUT2D eigenvalue weighted by atomic mass is 10.1. The molecule has 1 saturated heterocycles. The molecular formula is C9H11Cl3N4O6S. The van der Waals surface area contributed by atoms with Crippen molar-refractivity contribution in [3.63, 3.8) is 0 Å². The molecule has 1 aromatic heterocycles. The van der Waals surface area contributed by atoms with Gasteiger partial charge in [-0.1, -0.05) is 34.8 Å². The van der Waals surface area contributed by atoms with Gasteiger partial charge in [0.2, 0.25) is 15.7 Å². The van der Waals surface area contributed by atoms with E-state index in [-0.39, 0.29) is 5.82 Å². The van der Waals surface area contributed by atoms with Crippen molar-refractivity contribution in [3.05, 3.63) is 12.2 Å². The molecule has 4 N–H and O–H groups in total. The molecule has 0 saturated carbocycles. The van der Waals surface area contributed by atoms with E-state index in [1.807, 2.05) is 0 Å². The number of hydrogen-bond acceptors (Lipinski definition) is 8. The van der Waals surface area contributed by atoms with E-state index in [1.165, 1.54) is 0 Å². The third-order valence-electron chi connectivity index (χ3n) is 3.06. The van der Waals surface area contributed by atoms with Gasteiger partial charge in [-0.25, -0.2) is 18.1 Å². The van der Waals surface area contributed by atoms with Crippen LogP contribution in [0.15, 0.2) is 6.33 Å². The molecule has 2 rings (SSSR count). The van der Waals surface area contributed by atoms with Crippen LogP contribution in [0.4, 0.5) is 0 Å². The van der Waals surface area contributed by atoms with Crippen LogP contribution >= 0.6 is 34.8 Å². The number of aliphatic hydroxyl groups excluding tert-OH is 2. The first-order chi connectivity index (χ1) is 10.4. The number of rotatable bonds is 4. The molecule has 10 nitrogen and oxygen atoms in total. The summed E-state index contributed by atoms with van der Waals surface area (Å²) >= 11 is 16.0. The van der Waals surface area contributed by atoms with Gasteiger partial charge in [0.25, 0.3) is 9.03 Å². The summed E-state index contributed by atoms with van der Waals surface area (Å²) in [4.78, 5) is 14.5. The maximum absolute atomic E-state index is 11.8. The number of aliphatic hydroxyl groups is 2.